The van der Waals surface area contributed by atoms with Gasteiger partial charge in [-0.25, -0.2) is 0 Å². The Morgan fingerprint density at radius 1 is 1.38 bits per heavy atom. The number of rotatable bonds is 3. The number of carbonyl (C=O) groups excluding carboxylic acids is 1. The average molecular weight is 217 g/mol. The second-order valence-electron chi connectivity index (χ2n) is 4.93. The molecular formula is C14H19NO. The third kappa shape index (κ3) is 2.50. The van der Waals surface area contributed by atoms with Gasteiger partial charge in [0.05, 0.1) is 0 Å². The van der Waals surface area contributed by atoms with Gasteiger partial charge in [0.25, 0.3) is 0 Å². The monoisotopic (exact) mass is 217 g/mol. The molecule has 86 valence electrons. The first-order chi connectivity index (χ1) is 7.66. The summed E-state index contributed by atoms with van der Waals surface area (Å²) < 4.78 is 0. The van der Waals surface area contributed by atoms with Gasteiger partial charge < -0.3 is 5.32 Å². The van der Waals surface area contributed by atoms with Crippen molar-refractivity contribution in [1.29, 1.82) is 0 Å². The van der Waals surface area contributed by atoms with Crippen LogP contribution in [0.5, 0.6) is 0 Å². The minimum Gasteiger partial charge on any atom is -0.312 e. The quantitative estimate of drug-likeness (QED) is 0.788. The molecule has 1 N–H and O–H groups in total. The van der Waals surface area contributed by atoms with Gasteiger partial charge in [0, 0.05) is 18.5 Å². The van der Waals surface area contributed by atoms with E-state index in [-0.39, 0.29) is 5.78 Å². The summed E-state index contributed by atoms with van der Waals surface area (Å²) >= 11 is 0. The molecule has 0 saturated heterocycles. The lowest BCUT2D eigenvalue weighted by atomic mass is 9.94. The lowest BCUT2D eigenvalue weighted by molar-refractivity contribution is 0.0967. The van der Waals surface area contributed by atoms with E-state index in [2.05, 4.69) is 31.3 Å². The second kappa shape index (κ2) is 4.79. The lowest BCUT2D eigenvalue weighted by Crippen LogP contribution is -2.23. The summed E-state index contributed by atoms with van der Waals surface area (Å²) in [5.41, 5.74) is 3.55. The summed E-state index contributed by atoms with van der Waals surface area (Å²) in [6.07, 6.45) is 1.72. The van der Waals surface area contributed by atoms with Crippen molar-refractivity contribution in [3.8, 4) is 0 Å². The Hall–Kier alpha value is -1.15. The highest BCUT2D eigenvalue weighted by molar-refractivity contribution is 5.96. The van der Waals surface area contributed by atoms with Crippen LogP contribution in [0.1, 0.15) is 41.8 Å². The number of hydrogen-bond acceptors (Lipinski definition) is 2. The third-order valence-electron chi connectivity index (χ3n) is 3.01. The van der Waals surface area contributed by atoms with Crippen LogP contribution in [0.2, 0.25) is 0 Å². The maximum Gasteiger partial charge on any atom is 0.163 e. The molecule has 2 heteroatoms. The van der Waals surface area contributed by atoms with E-state index in [0.717, 1.165) is 25.1 Å². The molecule has 0 aliphatic carbocycles. The zero-order chi connectivity index (χ0) is 11.5. The van der Waals surface area contributed by atoms with Gasteiger partial charge >= 0.3 is 0 Å². The topological polar surface area (TPSA) is 29.1 Å². The predicted octanol–water partition coefficient (Wildman–Crippen LogP) is 2.56. The molecule has 0 saturated carbocycles. The third-order valence-corrected chi connectivity index (χ3v) is 3.01. The van der Waals surface area contributed by atoms with E-state index in [9.17, 15) is 4.79 Å². The Kier molecular flexibility index (Phi) is 3.39. The van der Waals surface area contributed by atoms with E-state index in [4.69, 9.17) is 0 Å². The van der Waals surface area contributed by atoms with Crippen molar-refractivity contribution in [2.24, 2.45) is 5.92 Å². The second-order valence-corrected chi connectivity index (χ2v) is 4.93. The first-order valence-electron chi connectivity index (χ1n) is 6.02. The molecule has 1 aliphatic heterocycles. The van der Waals surface area contributed by atoms with Crippen LogP contribution < -0.4 is 5.32 Å². The number of Topliss-reactive ketones (excluding diaryl/α,β-unsaturated/α-hetero) is 1. The molecule has 2 nitrogen and oxygen atoms in total. The number of benzene rings is 1. The Labute approximate surface area is 97.1 Å². The van der Waals surface area contributed by atoms with Gasteiger partial charge in [-0.05, 0) is 36.1 Å². The molecule has 0 unspecified atom stereocenters. The van der Waals surface area contributed by atoms with Crippen LogP contribution in [0, 0.1) is 5.92 Å². The van der Waals surface area contributed by atoms with E-state index < -0.39 is 0 Å². The molecule has 0 bridgehead atoms. The van der Waals surface area contributed by atoms with Crippen LogP contribution in [0.25, 0.3) is 0 Å². The molecule has 1 aromatic carbocycles. The van der Waals surface area contributed by atoms with E-state index in [0.29, 0.717) is 12.3 Å². The van der Waals surface area contributed by atoms with Crippen molar-refractivity contribution in [2.75, 3.05) is 6.54 Å². The largest absolute Gasteiger partial charge is 0.312 e. The summed E-state index contributed by atoms with van der Waals surface area (Å²) in [5.74, 6) is 0.699. The Bertz CT molecular complexity index is 396. The molecule has 0 radical (unpaired) electrons. The van der Waals surface area contributed by atoms with E-state index in [1.807, 2.05) is 6.07 Å². The minimum atomic E-state index is 0.267. The summed E-state index contributed by atoms with van der Waals surface area (Å²) in [5, 5.41) is 3.34. The molecule has 2 rings (SSSR count). The Morgan fingerprint density at radius 2 is 2.19 bits per heavy atom. The molecule has 1 aromatic rings. The fourth-order valence-corrected chi connectivity index (χ4v) is 2.14. The molecule has 1 aliphatic rings. The van der Waals surface area contributed by atoms with Gasteiger partial charge in [0.15, 0.2) is 5.78 Å². The van der Waals surface area contributed by atoms with Crippen molar-refractivity contribution in [2.45, 2.75) is 33.2 Å². The van der Waals surface area contributed by atoms with Crippen molar-refractivity contribution in [1.82, 2.24) is 5.32 Å². The van der Waals surface area contributed by atoms with Crippen molar-refractivity contribution >= 4 is 5.78 Å². The molecule has 1 heterocycles. The maximum absolute atomic E-state index is 11.9. The fraction of sp³-hybridized carbons (Fsp3) is 0.500. The van der Waals surface area contributed by atoms with Crippen LogP contribution in [-0.4, -0.2) is 12.3 Å². The van der Waals surface area contributed by atoms with Gasteiger partial charge in [0.2, 0.25) is 0 Å². The van der Waals surface area contributed by atoms with Crippen molar-refractivity contribution in [3.63, 3.8) is 0 Å². The summed E-state index contributed by atoms with van der Waals surface area (Å²) in [6, 6.07) is 6.16. The highest BCUT2D eigenvalue weighted by Crippen LogP contribution is 2.18. The molecule has 16 heavy (non-hydrogen) atoms. The van der Waals surface area contributed by atoms with Gasteiger partial charge in [0.1, 0.15) is 0 Å². The molecule has 0 aromatic heterocycles. The lowest BCUT2D eigenvalue weighted by Gasteiger charge is -2.17. The van der Waals surface area contributed by atoms with Crippen LogP contribution in [-0.2, 0) is 13.0 Å². The van der Waals surface area contributed by atoms with Gasteiger partial charge in [-0.1, -0.05) is 26.0 Å². The standard InChI is InChI=1S/C14H19NO/c1-10(2)7-14(16)12-4-3-11-5-6-15-9-13(11)8-12/h3-4,8,10,15H,5-7,9H2,1-2H3. The molecule has 0 amide bonds. The maximum atomic E-state index is 11.9. The van der Waals surface area contributed by atoms with Crippen LogP contribution in [0.4, 0.5) is 0 Å². The highest BCUT2D eigenvalue weighted by Gasteiger charge is 2.13. The zero-order valence-electron chi connectivity index (χ0n) is 10.0. The fourth-order valence-electron chi connectivity index (χ4n) is 2.14. The predicted molar refractivity (Wildman–Crippen MR) is 65.6 cm³/mol. The minimum absolute atomic E-state index is 0.267. The zero-order valence-corrected chi connectivity index (χ0v) is 10.0. The van der Waals surface area contributed by atoms with Gasteiger partial charge in [-0.2, -0.15) is 0 Å². The molecule has 0 atom stereocenters. The SMILES string of the molecule is CC(C)CC(=O)c1ccc2c(c1)CNCC2. The molecule has 0 fully saturated rings. The number of nitrogens with one attached hydrogen (secondary N) is 1. The smallest absolute Gasteiger partial charge is 0.163 e. The number of carbonyl (C=O) groups is 1. The number of hydrogen-bond donors (Lipinski definition) is 1. The van der Waals surface area contributed by atoms with E-state index >= 15 is 0 Å². The van der Waals surface area contributed by atoms with Crippen LogP contribution in [0.15, 0.2) is 18.2 Å². The first kappa shape index (κ1) is 11.3. The summed E-state index contributed by atoms with van der Waals surface area (Å²) in [6.45, 7) is 6.11. The summed E-state index contributed by atoms with van der Waals surface area (Å²) in [4.78, 5) is 11.9. The first-order valence-corrected chi connectivity index (χ1v) is 6.02. The highest BCUT2D eigenvalue weighted by atomic mass is 16.1. The van der Waals surface area contributed by atoms with Gasteiger partial charge in [-0.3, -0.25) is 4.79 Å². The molecular weight excluding hydrogens is 198 g/mol. The Balaban J connectivity index is 2.19. The van der Waals surface area contributed by atoms with Gasteiger partial charge in [-0.15, -0.1) is 0 Å². The van der Waals surface area contributed by atoms with E-state index in [1.165, 1.54) is 11.1 Å². The Morgan fingerprint density at radius 3 is 2.94 bits per heavy atom. The molecule has 0 spiro atoms. The normalized spacial score (nSPS) is 14.9. The average Bonchev–Trinajstić information content (AvgIpc) is 2.27. The number of fused-ring (bicyclic) bond motifs is 1. The van der Waals surface area contributed by atoms with Crippen LogP contribution >= 0.6 is 0 Å². The summed E-state index contributed by atoms with van der Waals surface area (Å²) in [7, 11) is 0. The van der Waals surface area contributed by atoms with Crippen molar-refractivity contribution < 1.29 is 4.79 Å². The van der Waals surface area contributed by atoms with Crippen LogP contribution in [0.3, 0.4) is 0 Å². The van der Waals surface area contributed by atoms with Crippen molar-refractivity contribution in [3.05, 3.63) is 34.9 Å². The van der Waals surface area contributed by atoms with E-state index in [1.54, 1.807) is 0 Å². The number of ketones is 1.